The van der Waals surface area contributed by atoms with E-state index in [9.17, 15) is 4.79 Å². The number of nitrogens with one attached hydrogen (secondary N) is 1. The number of nitrogens with zero attached hydrogens (tertiary/aromatic N) is 2. The van der Waals surface area contributed by atoms with E-state index < -0.39 is 0 Å². The Labute approximate surface area is 188 Å². The highest BCUT2D eigenvalue weighted by atomic mass is 16.1. The van der Waals surface area contributed by atoms with E-state index in [0.717, 1.165) is 44.8 Å². The number of anilines is 1. The van der Waals surface area contributed by atoms with Crippen molar-refractivity contribution in [1.82, 2.24) is 15.3 Å². The fourth-order valence-electron chi connectivity index (χ4n) is 3.53. The second kappa shape index (κ2) is 9.02. The smallest absolute Gasteiger partial charge is 0.251 e. The lowest BCUT2D eigenvalue weighted by Gasteiger charge is -2.13. The van der Waals surface area contributed by atoms with Crippen LogP contribution in [0.4, 0.5) is 5.69 Å². The molecule has 0 saturated carbocycles. The number of carbonyl (C=O) groups excluding carboxylic acids is 1. The lowest BCUT2D eigenvalue weighted by atomic mass is 9.96. The Kier molecular flexibility index (Phi) is 5.99. The van der Waals surface area contributed by atoms with E-state index >= 15 is 0 Å². The molecule has 3 N–H and O–H groups in total. The summed E-state index contributed by atoms with van der Waals surface area (Å²) >= 11 is 0. The number of aromatic nitrogens is 2. The van der Waals surface area contributed by atoms with Gasteiger partial charge in [-0.25, -0.2) is 0 Å². The molecule has 0 spiro atoms. The van der Waals surface area contributed by atoms with Crippen LogP contribution >= 0.6 is 0 Å². The molecule has 2 aromatic carbocycles. The molecule has 0 fully saturated rings. The highest BCUT2D eigenvalue weighted by molar-refractivity contribution is 5.97. The predicted molar refractivity (Wildman–Crippen MR) is 129 cm³/mol. The number of amides is 1. The van der Waals surface area contributed by atoms with E-state index in [1.165, 1.54) is 0 Å². The monoisotopic (exact) mass is 422 g/mol. The number of pyridine rings is 2. The van der Waals surface area contributed by atoms with Gasteiger partial charge in [0, 0.05) is 47.0 Å². The zero-order chi connectivity index (χ0) is 22.7. The van der Waals surface area contributed by atoms with E-state index in [1.54, 1.807) is 6.20 Å². The number of hydrogen-bond donors (Lipinski definition) is 2. The van der Waals surface area contributed by atoms with Crippen LogP contribution in [-0.4, -0.2) is 15.9 Å². The first kappa shape index (κ1) is 21.2. The minimum absolute atomic E-state index is 0.161. The SMILES string of the molecule is Cc1ccc(-c2cc(C(=O)NCc3ccc(C)nc3)cc(-c3ccc(C)cc3N)c2)nc1. The van der Waals surface area contributed by atoms with Crippen molar-refractivity contribution in [2.75, 3.05) is 5.73 Å². The summed E-state index contributed by atoms with van der Waals surface area (Å²) in [5.41, 5.74) is 15.0. The summed E-state index contributed by atoms with van der Waals surface area (Å²) in [6.07, 6.45) is 3.60. The first-order valence-corrected chi connectivity index (χ1v) is 10.5. The number of carbonyl (C=O) groups is 1. The average Bonchev–Trinajstić information content (AvgIpc) is 2.78. The number of nitrogens with two attached hydrogens (primary N) is 1. The van der Waals surface area contributed by atoms with E-state index in [2.05, 4.69) is 15.3 Å². The maximum atomic E-state index is 13.1. The summed E-state index contributed by atoms with van der Waals surface area (Å²) in [5, 5.41) is 2.99. The van der Waals surface area contributed by atoms with Crippen molar-refractivity contribution < 1.29 is 4.79 Å². The summed E-state index contributed by atoms with van der Waals surface area (Å²) in [7, 11) is 0. The van der Waals surface area contributed by atoms with Crippen LogP contribution in [0, 0.1) is 20.8 Å². The molecule has 0 unspecified atom stereocenters. The summed E-state index contributed by atoms with van der Waals surface area (Å²) < 4.78 is 0. The summed E-state index contributed by atoms with van der Waals surface area (Å²) in [5.74, 6) is -0.161. The van der Waals surface area contributed by atoms with Crippen LogP contribution < -0.4 is 11.1 Å². The zero-order valence-electron chi connectivity index (χ0n) is 18.5. The highest BCUT2D eigenvalue weighted by Crippen LogP contribution is 2.31. The normalized spacial score (nSPS) is 10.7. The Morgan fingerprint density at radius 3 is 2.31 bits per heavy atom. The van der Waals surface area contributed by atoms with Crippen molar-refractivity contribution in [2.24, 2.45) is 0 Å². The second-order valence-electron chi connectivity index (χ2n) is 8.10. The Balaban J connectivity index is 1.71. The van der Waals surface area contributed by atoms with Crippen LogP contribution in [0.5, 0.6) is 0 Å². The lowest BCUT2D eigenvalue weighted by molar-refractivity contribution is 0.0951. The molecule has 2 heterocycles. The number of hydrogen-bond acceptors (Lipinski definition) is 4. The topological polar surface area (TPSA) is 80.9 Å². The van der Waals surface area contributed by atoms with Crippen LogP contribution in [0.2, 0.25) is 0 Å². The Bertz CT molecular complexity index is 1260. The molecule has 0 aliphatic heterocycles. The molecular weight excluding hydrogens is 396 g/mol. The van der Waals surface area contributed by atoms with Crippen LogP contribution in [0.1, 0.15) is 32.7 Å². The maximum absolute atomic E-state index is 13.1. The fraction of sp³-hybridized carbons (Fsp3) is 0.148. The minimum Gasteiger partial charge on any atom is -0.398 e. The molecule has 0 bridgehead atoms. The third-order valence-corrected chi connectivity index (χ3v) is 5.35. The molecule has 0 aliphatic carbocycles. The first-order valence-electron chi connectivity index (χ1n) is 10.5. The Morgan fingerprint density at radius 2 is 1.62 bits per heavy atom. The van der Waals surface area contributed by atoms with Gasteiger partial charge in [-0.2, -0.15) is 0 Å². The maximum Gasteiger partial charge on any atom is 0.251 e. The van der Waals surface area contributed by atoms with Gasteiger partial charge in [0.15, 0.2) is 0 Å². The van der Waals surface area contributed by atoms with Crippen LogP contribution in [0.3, 0.4) is 0 Å². The van der Waals surface area contributed by atoms with Gasteiger partial charge in [0.05, 0.1) is 5.69 Å². The van der Waals surface area contributed by atoms with Gasteiger partial charge < -0.3 is 11.1 Å². The molecule has 160 valence electrons. The highest BCUT2D eigenvalue weighted by Gasteiger charge is 2.13. The molecule has 32 heavy (non-hydrogen) atoms. The van der Waals surface area contributed by atoms with Gasteiger partial charge in [-0.3, -0.25) is 14.8 Å². The lowest BCUT2D eigenvalue weighted by Crippen LogP contribution is -2.23. The predicted octanol–water partition coefficient (Wildman–Crippen LogP) is 5.25. The summed E-state index contributed by atoms with van der Waals surface area (Å²) in [6, 6.07) is 19.6. The molecule has 4 rings (SSSR count). The molecule has 5 nitrogen and oxygen atoms in total. The average molecular weight is 423 g/mol. The van der Waals surface area contributed by atoms with Crippen molar-refractivity contribution in [3.05, 3.63) is 101 Å². The van der Waals surface area contributed by atoms with E-state index in [4.69, 9.17) is 5.73 Å². The Hall–Kier alpha value is -3.99. The van der Waals surface area contributed by atoms with E-state index in [1.807, 2.05) is 87.6 Å². The summed E-state index contributed by atoms with van der Waals surface area (Å²) in [6.45, 7) is 6.34. The molecule has 0 aliphatic rings. The summed E-state index contributed by atoms with van der Waals surface area (Å²) in [4.78, 5) is 21.9. The van der Waals surface area contributed by atoms with Gasteiger partial charge in [-0.1, -0.05) is 24.3 Å². The zero-order valence-corrected chi connectivity index (χ0v) is 18.5. The van der Waals surface area contributed by atoms with Crippen molar-refractivity contribution >= 4 is 11.6 Å². The molecular formula is C27H26N4O. The van der Waals surface area contributed by atoms with Crippen molar-refractivity contribution in [1.29, 1.82) is 0 Å². The fourth-order valence-corrected chi connectivity index (χ4v) is 3.53. The molecule has 5 heteroatoms. The van der Waals surface area contributed by atoms with Gasteiger partial charge in [0.25, 0.3) is 5.91 Å². The van der Waals surface area contributed by atoms with Crippen molar-refractivity contribution in [3.8, 4) is 22.4 Å². The molecule has 4 aromatic rings. The molecule has 0 atom stereocenters. The van der Waals surface area contributed by atoms with Crippen LogP contribution in [-0.2, 0) is 6.54 Å². The first-order chi connectivity index (χ1) is 15.4. The van der Waals surface area contributed by atoms with E-state index in [-0.39, 0.29) is 5.91 Å². The quantitative estimate of drug-likeness (QED) is 0.431. The molecule has 1 amide bonds. The van der Waals surface area contributed by atoms with Crippen molar-refractivity contribution in [3.63, 3.8) is 0 Å². The van der Waals surface area contributed by atoms with Gasteiger partial charge in [-0.05, 0) is 79.4 Å². The minimum atomic E-state index is -0.161. The van der Waals surface area contributed by atoms with Gasteiger partial charge in [0.1, 0.15) is 0 Å². The largest absolute Gasteiger partial charge is 0.398 e. The number of aryl methyl sites for hydroxylation is 3. The molecule has 0 saturated heterocycles. The molecule has 2 aromatic heterocycles. The third kappa shape index (κ3) is 4.83. The third-order valence-electron chi connectivity index (χ3n) is 5.35. The standard InChI is InChI=1S/C27H26N4O/c1-17-4-8-24(25(28)10-17)21-11-22(26-9-5-18(2)14-30-26)13-23(12-21)27(32)31-16-20-7-6-19(3)29-15-20/h4-15H,16,28H2,1-3H3,(H,31,32). The second-order valence-corrected chi connectivity index (χ2v) is 8.10. The van der Waals surface area contributed by atoms with Crippen molar-refractivity contribution in [2.45, 2.75) is 27.3 Å². The van der Waals surface area contributed by atoms with Gasteiger partial charge in [0.2, 0.25) is 0 Å². The van der Waals surface area contributed by atoms with Crippen LogP contribution in [0.25, 0.3) is 22.4 Å². The van der Waals surface area contributed by atoms with Gasteiger partial charge in [-0.15, -0.1) is 0 Å². The molecule has 0 radical (unpaired) electrons. The van der Waals surface area contributed by atoms with E-state index in [0.29, 0.717) is 17.8 Å². The Morgan fingerprint density at radius 1 is 0.844 bits per heavy atom. The number of benzene rings is 2. The van der Waals surface area contributed by atoms with Gasteiger partial charge >= 0.3 is 0 Å². The number of rotatable bonds is 5. The number of nitrogen functional groups attached to an aromatic ring is 1. The van der Waals surface area contributed by atoms with Crippen LogP contribution in [0.15, 0.2) is 73.1 Å².